The van der Waals surface area contributed by atoms with Crippen molar-refractivity contribution in [1.29, 1.82) is 0 Å². The maximum absolute atomic E-state index is 11.1. The molecule has 0 fully saturated rings. The highest BCUT2D eigenvalue weighted by Crippen LogP contribution is 2.28. The first-order chi connectivity index (χ1) is 7.04. The molecule has 6 heteroatoms. The van der Waals surface area contributed by atoms with Gasteiger partial charge < -0.3 is 4.74 Å². The summed E-state index contributed by atoms with van der Waals surface area (Å²) in [6.45, 7) is 1.55. The Morgan fingerprint density at radius 2 is 2.20 bits per heavy atom. The molecule has 1 amide bonds. The molecular formula is C9H10Cl2N2O2. The number of nitrogens with two attached hydrogens (primary N) is 1. The summed E-state index contributed by atoms with van der Waals surface area (Å²) in [4.78, 5) is 11.1. The largest absolute Gasteiger partial charge is 0.479 e. The lowest BCUT2D eigenvalue weighted by molar-refractivity contribution is -0.127. The molecule has 0 spiro atoms. The van der Waals surface area contributed by atoms with E-state index in [1.165, 1.54) is 6.07 Å². The minimum absolute atomic E-state index is 0.347. The van der Waals surface area contributed by atoms with E-state index in [0.29, 0.717) is 15.8 Å². The number of benzene rings is 1. The predicted molar refractivity (Wildman–Crippen MR) is 58.9 cm³/mol. The number of hydrazine groups is 1. The fraction of sp³-hybridized carbons (Fsp3) is 0.222. The quantitative estimate of drug-likeness (QED) is 0.487. The van der Waals surface area contributed by atoms with Crippen molar-refractivity contribution >= 4 is 29.1 Å². The van der Waals surface area contributed by atoms with Crippen LogP contribution in [0.2, 0.25) is 10.0 Å². The molecule has 1 aromatic carbocycles. The zero-order valence-corrected chi connectivity index (χ0v) is 9.47. The zero-order chi connectivity index (χ0) is 11.4. The average molecular weight is 249 g/mol. The Morgan fingerprint density at radius 1 is 1.53 bits per heavy atom. The molecule has 0 unspecified atom stereocenters. The highest BCUT2D eigenvalue weighted by molar-refractivity contribution is 6.34. The van der Waals surface area contributed by atoms with Gasteiger partial charge in [-0.3, -0.25) is 10.2 Å². The first-order valence-corrected chi connectivity index (χ1v) is 4.92. The van der Waals surface area contributed by atoms with Gasteiger partial charge in [-0.25, -0.2) is 5.84 Å². The lowest BCUT2D eigenvalue weighted by Crippen LogP contribution is -2.40. The second-order valence-electron chi connectivity index (χ2n) is 2.84. The average Bonchev–Trinajstić information content (AvgIpc) is 2.22. The smallest absolute Gasteiger partial charge is 0.274 e. The molecule has 1 rings (SSSR count). The van der Waals surface area contributed by atoms with Crippen LogP contribution in [0.4, 0.5) is 0 Å². The van der Waals surface area contributed by atoms with Gasteiger partial charge in [0.05, 0.1) is 5.02 Å². The van der Waals surface area contributed by atoms with Gasteiger partial charge in [-0.1, -0.05) is 23.2 Å². The van der Waals surface area contributed by atoms with E-state index >= 15 is 0 Å². The van der Waals surface area contributed by atoms with Crippen LogP contribution >= 0.6 is 23.2 Å². The van der Waals surface area contributed by atoms with Crippen molar-refractivity contribution in [2.45, 2.75) is 13.0 Å². The molecule has 1 atom stereocenters. The third-order valence-electron chi connectivity index (χ3n) is 1.71. The summed E-state index contributed by atoms with van der Waals surface area (Å²) in [5.74, 6) is 4.86. The van der Waals surface area contributed by atoms with E-state index in [9.17, 15) is 4.79 Å². The van der Waals surface area contributed by atoms with Gasteiger partial charge in [0.15, 0.2) is 6.10 Å². The standard InChI is InChI=1S/C9H10Cl2N2O2/c1-5(9(14)13-12)15-8-4-6(10)2-3-7(8)11/h2-5H,12H2,1H3,(H,13,14)/t5-/m1/s1. The summed E-state index contributed by atoms with van der Waals surface area (Å²) in [6.07, 6.45) is -0.731. The second-order valence-corrected chi connectivity index (χ2v) is 3.69. The van der Waals surface area contributed by atoms with Crippen LogP contribution in [0, 0.1) is 0 Å². The zero-order valence-electron chi connectivity index (χ0n) is 7.96. The number of amides is 1. The van der Waals surface area contributed by atoms with Gasteiger partial charge in [0.2, 0.25) is 0 Å². The van der Waals surface area contributed by atoms with E-state index in [2.05, 4.69) is 0 Å². The Labute approximate surface area is 97.3 Å². The van der Waals surface area contributed by atoms with Crippen LogP contribution < -0.4 is 16.0 Å². The molecule has 0 bridgehead atoms. The maximum Gasteiger partial charge on any atom is 0.274 e. The Hall–Kier alpha value is -0.970. The first kappa shape index (κ1) is 12.1. The van der Waals surface area contributed by atoms with Gasteiger partial charge in [-0.15, -0.1) is 0 Å². The molecule has 0 aliphatic heterocycles. The number of nitrogens with one attached hydrogen (secondary N) is 1. The summed E-state index contributed by atoms with van der Waals surface area (Å²) in [7, 11) is 0. The highest BCUT2D eigenvalue weighted by atomic mass is 35.5. The molecule has 0 aliphatic carbocycles. The van der Waals surface area contributed by atoms with E-state index < -0.39 is 12.0 Å². The normalized spacial score (nSPS) is 12.0. The number of carbonyl (C=O) groups is 1. The minimum Gasteiger partial charge on any atom is -0.479 e. The lowest BCUT2D eigenvalue weighted by Gasteiger charge is -2.14. The Balaban J connectivity index is 2.80. The predicted octanol–water partition coefficient (Wildman–Crippen LogP) is 1.75. The second kappa shape index (κ2) is 5.21. The number of ether oxygens (including phenoxy) is 1. The molecule has 0 aliphatic rings. The number of rotatable bonds is 3. The van der Waals surface area contributed by atoms with Crippen molar-refractivity contribution in [3.05, 3.63) is 28.2 Å². The molecule has 3 N–H and O–H groups in total. The van der Waals surface area contributed by atoms with Crippen LogP contribution in [0.3, 0.4) is 0 Å². The van der Waals surface area contributed by atoms with Gasteiger partial charge >= 0.3 is 0 Å². The van der Waals surface area contributed by atoms with Gasteiger partial charge in [-0.05, 0) is 19.1 Å². The van der Waals surface area contributed by atoms with Crippen molar-refractivity contribution in [1.82, 2.24) is 5.43 Å². The van der Waals surface area contributed by atoms with Crippen LogP contribution in [0.25, 0.3) is 0 Å². The number of carbonyl (C=O) groups excluding carboxylic acids is 1. The maximum atomic E-state index is 11.1. The van der Waals surface area contributed by atoms with Crippen molar-refractivity contribution < 1.29 is 9.53 Å². The van der Waals surface area contributed by atoms with Crippen LogP contribution in [0.1, 0.15) is 6.92 Å². The molecule has 0 saturated heterocycles. The van der Waals surface area contributed by atoms with Crippen LogP contribution in [0.5, 0.6) is 5.75 Å². The Kier molecular flexibility index (Phi) is 4.20. The molecule has 1 aromatic rings. The summed E-state index contributed by atoms with van der Waals surface area (Å²) in [5.41, 5.74) is 1.98. The van der Waals surface area contributed by atoms with E-state index in [-0.39, 0.29) is 0 Å². The number of hydrogen-bond donors (Lipinski definition) is 2. The third-order valence-corrected chi connectivity index (χ3v) is 2.26. The van der Waals surface area contributed by atoms with Gasteiger partial charge in [0, 0.05) is 11.1 Å². The number of halogens is 2. The molecule has 0 heterocycles. The molecule has 82 valence electrons. The van der Waals surface area contributed by atoms with E-state index in [0.717, 1.165) is 0 Å². The Bertz CT molecular complexity index is 371. The minimum atomic E-state index is -0.731. The van der Waals surface area contributed by atoms with E-state index in [1.807, 2.05) is 5.43 Å². The van der Waals surface area contributed by atoms with Crippen LogP contribution in [0.15, 0.2) is 18.2 Å². The molecule has 0 saturated carbocycles. The lowest BCUT2D eigenvalue weighted by atomic mass is 10.3. The SMILES string of the molecule is C[C@@H](Oc1cc(Cl)ccc1Cl)C(=O)NN. The van der Waals surface area contributed by atoms with E-state index in [1.54, 1.807) is 19.1 Å². The molecule has 15 heavy (non-hydrogen) atoms. The summed E-state index contributed by atoms with van der Waals surface area (Å²) in [5, 5.41) is 0.867. The fourth-order valence-corrected chi connectivity index (χ4v) is 1.25. The van der Waals surface area contributed by atoms with Crippen LogP contribution in [-0.2, 0) is 4.79 Å². The van der Waals surface area contributed by atoms with Crippen molar-refractivity contribution in [2.24, 2.45) is 5.84 Å². The number of hydrogen-bond acceptors (Lipinski definition) is 3. The third kappa shape index (κ3) is 3.27. The van der Waals surface area contributed by atoms with E-state index in [4.69, 9.17) is 33.8 Å². The monoisotopic (exact) mass is 248 g/mol. The van der Waals surface area contributed by atoms with Crippen molar-refractivity contribution in [3.63, 3.8) is 0 Å². The van der Waals surface area contributed by atoms with Gasteiger partial charge in [0.1, 0.15) is 5.75 Å². The molecule has 4 nitrogen and oxygen atoms in total. The Morgan fingerprint density at radius 3 is 2.80 bits per heavy atom. The molecule has 0 radical (unpaired) electrons. The topological polar surface area (TPSA) is 64.3 Å². The highest BCUT2D eigenvalue weighted by Gasteiger charge is 2.14. The summed E-state index contributed by atoms with van der Waals surface area (Å²) >= 11 is 11.6. The first-order valence-electron chi connectivity index (χ1n) is 4.16. The van der Waals surface area contributed by atoms with Crippen molar-refractivity contribution in [2.75, 3.05) is 0 Å². The van der Waals surface area contributed by atoms with Crippen LogP contribution in [-0.4, -0.2) is 12.0 Å². The molecular weight excluding hydrogens is 239 g/mol. The van der Waals surface area contributed by atoms with Gasteiger partial charge in [0.25, 0.3) is 5.91 Å². The van der Waals surface area contributed by atoms with Crippen molar-refractivity contribution in [3.8, 4) is 5.75 Å². The molecule has 0 aromatic heterocycles. The van der Waals surface area contributed by atoms with Gasteiger partial charge in [-0.2, -0.15) is 0 Å². The summed E-state index contributed by atoms with van der Waals surface area (Å²) in [6, 6.07) is 4.75. The fourth-order valence-electron chi connectivity index (χ4n) is 0.929. The summed E-state index contributed by atoms with van der Waals surface area (Å²) < 4.78 is 5.27.